The van der Waals surface area contributed by atoms with Crippen molar-refractivity contribution in [3.05, 3.63) is 10.7 Å². The van der Waals surface area contributed by atoms with E-state index < -0.39 is 5.60 Å². The summed E-state index contributed by atoms with van der Waals surface area (Å²) in [6.07, 6.45) is 6.62. The molecule has 2 amide bonds. The molecule has 1 aromatic heterocycles. The molecule has 0 spiro atoms. The predicted octanol–water partition coefficient (Wildman–Crippen LogP) is 2.44. The molecule has 33 heavy (non-hydrogen) atoms. The number of nitrogens with zero attached hydrogens (tertiary/aromatic N) is 4. The monoisotopic (exact) mass is 477 g/mol. The summed E-state index contributed by atoms with van der Waals surface area (Å²) < 4.78 is 1.70. The molecular weight excluding hydrogens is 442 g/mol. The van der Waals surface area contributed by atoms with Crippen LogP contribution in [0, 0.1) is 23.7 Å². The molecule has 4 aliphatic carbocycles. The molecule has 5 aliphatic rings. The Morgan fingerprint density at radius 1 is 1.21 bits per heavy atom. The van der Waals surface area contributed by atoms with Gasteiger partial charge in [-0.25, -0.2) is 0 Å². The SMILES string of the molecule is CC(=O)N1CCC(CN(C)c2c(Cl)c(C(=O)N[C@H]3C4CC5CC3C[C@](O)(C5)C4)nn2C)CC1. The Balaban J connectivity index is 1.24. The van der Waals surface area contributed by atoms with Crippen LogP contribution in [0.1, 0.15) is 62.4 Å². The van der Waals surface area contributed by atoms with Gasteiger partial charge < -0.3 is 20.2 Å². The zero-order chi connectivity index (χ0) is 23.5. The number of aryl methyl sites for hydroxylation is 1. The van der Waals surface area contributed by atoms with Gasteiger partial charge in [-0.3, -0.25) is 14.3 Å². The van der Waals surface area contributed by atoms with Crippen molar-refractivity contribution in [3.8, 4) is 0 Å². The molecule has 182 valence electrons. The van der Waals surface area contributed by atoms with Crippen LogP contribution in [0.3, 0.4) is 0 Å². The summed E-state index contributed by atoms with van der Waals surface area (Å²) in [6.45, 7) is 4.01. The zero-order valence-corrected chi connectivity index (χ0v) is 20.6. The van der Waals surface area contributed by atoms with Gasteiger partial charge in [0.1, 0.15) is 10.8 Å². The van der Waals surface area contributed by atoms with Gasteiger partial charge in [0.25, 0.3) is 5.91 Å². The molecular formula is C24H36ClN5O3. The van der Waals surface area contributed by atoms with Gasteiger partial charge in [0, 0.05) is 46.7 Å². The number of carbonyl (C=O) groups is 2. The van der Waals surface area contributed by atoms with E-state index in [1.807, 2.05) is 19.0 Å². The summed E-state index contributed by atoms with van der Waals surface area (Å²) in [6, 6.07) is 0.0973. The molecule has 0 radical (unpaired) electrons. The minimum Gasteiger partial charge on any atom is -0.390 e. The quantitative estimate of drug-likeness (QED) is 0.679. The number of hydrogen-bond donors (Lipinski definition) is 2. The Morgan fingerprint density at radius 3 is 2.42 bits per heavy atom. The minimum absolute atomic E-state index is 0.0973. The molecule has 1 aliphatic heterocycles. The second-order valence-electron chi connectivity index (χ2n) is 11.1. The van der Waals surface area contributed by atoms with Gasteiger partial charge >= 0.3 is 0 Å². The number of rotatable bonds is 5. The highest BCUT2D eigenvalue weighted by molar-refractivity contribution is 6.36. The van der Waals surface area contributed by atoms with E-state index in [2.05, 4.69) is 15.3 Å². The summed E-state index contributed by atoms with van der Waals surface area (Å²) in [7, 11) is 3.81. The van der Waals surface area contributed by atoms with Crippen molar-refractivity contribution in [2.24, 2.45) is 30.7 Å². The second kappa shape index (κ2) is 8.45. The lowest BCUT2D eigenvalue weighted by Gasteiger charge is -2.58. The summed E-state index contributed by atoms with van der Waals surface area (Å²) in [5, 5.41) is 18.9. The number of amides is 2. The van der Waals surface area contributed by atoms with Gasteiger partial charge in [0.2, 0.25) is 5.91 Å². The number of halogens is 1. The average molecular weight is 478 g/mol. The highest BCUT2D eigenvalue weighted by atomic mass is 35.5. The lowest BCUT2D eigenvalue weighted by atomic mass is 9.52. The highest BCUT2D eigenvalue weighted by Gasteiger charge is 2.55. The van der Waals surface area contributed by atoms with Gasteiger partial charge in [-0.05, 0) is 68.6 Å². The van der Waals surface area contributed by atoms with Gasteiger partial charge in [0.05, 0.1) is 5.60 Å². The first kappa shape index (κ1) is 23.0. The zero-order valence-electron chi connectivity index (χ0n) is 19.9. The van der Waals surface area contributed by atoms with Gasteiger partial charge in [-0.1, -0.05) is 11.6 Å². The molecule has 2 N–H and O–H groups in total. The van der Waals surface area contributed by atoms with Gasteiger partial charge in [-0.2, -0.15) is 5.10 Å². The molecule has 9 heteroatoms. The third kappa shape index (κ3) is 4.25. The smallest absolute Gasteiger partial charge is 0.273 e. The van der Waals surface area contributed by atoms with E-state index in [9.17, 15) is 14.7 Å². The van der Waals surface area contributed by atoms with Crippen molar-refractivity contribution in [1.82, 2.24) is 20.0 Å². The van der Waals surface area contributed by atoms with E-state index in [0.29, 0.717) is 28.7 Å². The van der Waals surface area contributed by atoms with Crippen LogP contribution >= 0.6 is 11.6 Å². The van der Waals surface area contributed by atoms with Crippen LogP contribution in [-0.2, 0) is 11.8 Å². The number of hydrogen-bond acceptors (Lipinski definition) is 5. The molecule has 1 saturated heterocycles. The molecule has 2 heterocycles. The van der Waals surface area contributed by atoms with Crippen LogP contribution in [0.2, 0.25) is 5.02 Å². The Hall–Kier alpha value is -1.80. The molecule has 2 atom stereocenters. The molecule has 8 nitrogen and oxygen atoms in total. The van der Waals surface area contributed by atoms with Gasteiger partial charge in [0.15, 0.2) is 5.69 Å². The fraction of sp³-hybridized carbons (Fsp3) is 0.792. The van der Waals surface area contributed by atoms with E-state index in [-0.39, 0.29) is 23.6 Å². The first-order valence-corrected chi connectivity index (χ1v) is 12.7. The molecule has 4 saturated carbocycles. The number of likely N-dealkylation sites (tertiary alicyclic amines) is 1. The second-order valence-corrected chi connectivity index (χ2v) is 11.5. The van der Waals surface area contributed by atoms with Gasteiger partial charge in [-0.15, -0.1) is 0 Å². The molecule has 4 bridgehead atoms. The van der Waals surface area contributed by atoms with Crippen LogP contribution in [0.25, 0.3) is 0 Å². The van der Waals surface area contributed by atoms with Crippen LogP contribution < -0.4 is 10.2 Å². The van der Waals surface area contributed by atoms with Crippen LogP contribution in [-0.4, -0.2) is 69.9 Å². The number of carbonyl (C=O) groups excluding carboxylic acids is 2. The normalized spacial score (nSPS) is 33.4. The van der Waals surface area contributed by atoms with E-state index >= 15 is 0 Å². The maximum absolute atomic E-state index is 13.2. The summed E-state index contributed by atoms with van der Waals surface area (Å²) >= 11 is 6.71. The van der Waals surface area contributed by atoms with E-state index in [1.165, 1.54) is 0 Å². The first-order chi connectivity index (χ1) is 15.6. The number of aromatic nitrogens is 2. The van der Waals surface area contributed by atoms with Crippen molar-refractivity contribution >= 4 is 29.2 Å². The summed E-state index contributed by atoms with van der Waals surface area (Å²) in [4.78, 5) is 28.8. The fourth-order valence-electron chi connectivity index (χ4n) is 7.39. The number of aliphatic hydroxyl groups is 1. The topological polar surface area (TPSA) is 90.7 Å². The van der Waals surface area contributed by atoms with Crippen molar-refractivity contribution < 1.29 is 14.7 Å². The van der Waals surface area contributed by atoms with Crippen LogP contribution in [0.4, 0.5) is 5.82 Å². The van der Waals surface area contributed by atoms with Crippen LogP contribution in [0.15, 0.2) is 0 Å². The molecule has 1 aromatic rings. The number of anilines is 1. The average Bonchev–Trinajstić information content (AvgIpc) is 3.04. The Labute approximate surface area is 200 Å². The van der Waals surface area contributed by atoms with Crippen molar-refractivity contribution in [2.45, 2.75) is 63.5 Å². The van der Waals surface area contributed by atoms with Crippen molar-refractivity contribution in [2.75, 3.05) is 31.6 Å². The fourth-order valence-corrected chi connectivity index (χ4v) is 7.78. The molecule has 2 unspecified atom stereocenters. The molecule has 6 rings (SSSR count). The standard InChI is InChI=1S/C24H36ClN5O3/c1-14(31)30-6-4-15(5-7-30)13-28(2)23-19(25)21(27-29(23)3)22(32)26-20-17-8-16-9-18(20)12-24(33,10-16)11-17/h15-18,20,33H,4-13H2,1-3H3,(H,26,32)/t16?,17?,18?,20-,24-. The Bertz CT molecular complexity index is 925. The largest absolute Gasteiger partial charge is 0.390 e. The van der Waals surface area contributed by atoms with E-state index in [4.69, 9.17) is 11.6 Å². The predicted molar refractivity (Wildman–Crippen MR) is 126 cm³/mol. The highest BCUT2D eigenvalue weighted by Crippen LogP contribution is 2.55. The summed E-state index contributed by atoms with van der Waals surface area (Å²) in [5.41, 5.74) is -0.239. The van der Waals surface area contributed by atoms with Crippen molar-refractivity contribution in [3.63, 3.8) is 0 Å². The van der Waals surface area contributed by atoms with E-state index in [1.54, 1.807) is 11.6 Å². The first-order valence-electron chi connectivity index (χ1n) is 12.4. The van der Waals surface area contributed by atoms with Crippen LogP contribution in [0.5, 0.6) is 0 Å². The maximum atomic E-state index is 13.2. The Morgan fingerprint density at radius 2 is 1.85 bits per heavy atom. The summed E-state index contributed by atoms with van der Waals surface area (Å²) in [5.74, 6) is 2.42. The minimum atomic E-state index is -0.517. The number of piperidine rings is 1. The molecule has 5 fully saturated rings. The third-order valence-corrected chi connectivity index (χ3v) is 9.02. The lowest BCUT2D eigenvalue weighted by molar-refractivity contribution is -0.137. The Kier molecular flexibility index (Phi) is 5.88. The third-order valence-electron chi connectivity index (χ3n) is 8.67. The van der Waals surface area contributed by atoms with Crippen molar-refractivity contribution in [1.29, 1.82) is 0 Å². The lowest BCUT2D eigenvalue weighted by Crippen LogP contribution is -2.61. The van der Waals surface area contributed by atoms with E-state index in [0.717, 1.165) is 70.4 Å². The number of nitrogens with one attached hydrogen (secondary N) is 1. The molecule has 0 aromatic carbocycles. The maximum Gasteiger partial charge on any atom is 0.273 e.